The van der Waals surface area contributed by atoms with Crippen molar-refractivity contribution in [1.29, 1.82) is 0 Å². The zero-order chi connectivity index (χ0) is 14.2. The van der Waals surface area contributed by atoms with Crippen LogP contribution in [0.3, 0.4) is 0 Å². The molecule has 1 aromatic rings. The molecule has 20 heavy (non-hydrogen) atoms. The van der Waals surface area contributed by atoms with Gasteiger partial charge in [-0.15, -0.1) is 0 Å². The van der Waals surface area contributed by atoms with Crippen LogP contribution in [0.4, 0.5) is 5.69 Å². The Hall–Kier alpha value is -1.39. The summed E-state index contributed by atoms with van der Waals surface area (Å²) in [5.41, 5.74) is 9.01. The third kappa shape index (κ3) is 2.23. The van der Waals surface area contributed by atoms with Crippen molar-refractivity contribution in [3.8, 4) is 0 Å². The second-order valence-electron chi connectivity index (χ2n) is 6.14. The minimum atomic E-state index is -0.628. The van der Waals surface area contributed by atoms with Gasteiger partial charge in [0.25, 0.3) is 0 Å². The topological polar surface area (TPSA) is 64.3 Å². The predicted octanol–water partition coefficient (Wildman–Crippen LogP) is 1.87. The number of rotatable bonds is 2. The molecule has 0 bridgehead atoms. The van der Waals surface area contributed by atoms with Crippen molar-refractivity contribution in [2.24, 2.45) is 11.1 Å². The highest BCUT2D eigenvalue weighted by atomic mass is 16.5. The molecule has 4 heteroatoms. The fourth-order valence-electron chi connectivity index (χ4n) is 3.09. The SMILES string of the molecule is CC1(C(=O)Nc2cccc3c2CCCC3)COCC1N. The van der Waals surface area contributed by atoms with E-state index in [1.165, 1.54) is 24.0 Å². The number of ether oxygens (including phenoxy) is 1. The molecule has 0 spiro atoms. The molecule has 0 radical (unpaired) electrons. The third-order valence-corrected chi connectivity index (χ3v) is 4.68. The Bertz CT molecular complexity index is 529. The van der Waals surface area contributed by atoms with Crippen molar-refractivity contribution in [3.63, 3.8) is 0 Å². The number of carbonyl (C=O) groups is 1. The molecule has 1 fully saturated rings. The van der Waals surface area contributed by atoms with Gasteiger partial charge in [0.05, 0.1) is 18.6 Å². The first-order chi connectivity index (χ1) is 9.61. The minimum absolute atomic E-state index is 0.0264. The molecule has 2 aliphatic rings. The van der Waals surface area contributed by atoms with Crippen molar-refractivity contribution in [3.05, 3.63) is 29.3 Å². The van der Waals surface area contributed by atoms with E-state index >= 15 is 0 Å². The first kappa shape index (κ1) is 13.6. The zero-order valence-electron chi connectivity index (χ0n) is 11.9. The van der Waals surface area contributed by atoms with Gasteiger partial charge in [-0.25, -0.2) is 0 Å². The van der Waals surface area contributed by atoms with Crippen LogP contribution in [0, 0.1) is 5.41 Å². The smallest absolute Gasteiger partial charge is 0.234 e. The summed E-state index contributed by atoms with van der Waals surface area (Å²) in [4.78, 5) is 12.6. The number of amides is 1. The molecule has 108 valence electrons. The fourth-order valence-corrected chi connectivity index (χ4v) is 3.09. The van der Waals surface area contributed by atoms with E-state index in [-0.39, 0.29) is 11.9 Å². The largest absolute Gasteiger partial charge is 0.379 e. The van der Waals surface area contributed by atoms with Crippen LogP contribution in [0.15, 0.2) is 18.2 Å². The van der Waals surface area contributed by atoms with Gasteiger partial charge in [-0.1, -0.05) is 12.1 Å². The molecule has 1 aliphatic heterocycles. The summed E-state index contributed by atoms with van der Waals surface area (Å²) in [5, 5.41) is 3.08. The maximum Gasteiger partial charge on any atom is 0.234 e. The lowest BCUT2D eigenvalue weighted by molar-refractivity contribution is -0.125. The van der Waals surface area contributed by atoms with Crippen molar-refractivity contribution >= 4 is 11.6 Å². The average molecular weight is 274 g/mol. The molecule has 3 N–H and O–H groups in total. The van der Waals surface area contributed by atoms with Gasteiger partial charge in [0.1, 0.15) is 0 Å². The molecule has 1 aliphatic carbocycles. The first-order valence-electron chi connectivity index (χ1n) is 7.37. The summed E-state index contributed by atoms with van der Waals surface area (Å²) < 4.78 is 5.36. The highest BCUT2D eigenvalue weighted by Crippen LogP contribution is 2.32. The lowest BCUT2D eigenvalue weighted by atomic mass is 9.84. The summed E-state index contributed by atoms with van der Waals surface area (Å²) in [5.74, 6) is -0.0264. The van der Waals surface area contributed by atoms with Gasteiger partial charge in [0, 0.05) is 11.7 Å². The Morgan fingerprint density at radius 3 is 2.95 bits per heavy atom. The van der Waals surface area contributed by atoms with Crippen molar-refractivity contribution in [2.45, 2.75) is 38.6 Å². The van der Waals surface area contributed by atoms with E-state index in [4.69, 9.17) is 10.5 Å². The van der Waals surface area contributed by atoms with Gasteiger partial charge in [-0.2, -0.15) is 0 Å². The van der Waals surface area contributed by atoms with Crippen LogP contribution in [0.1, 0.15) is 30.9 Å². The molecule has 0 aromatic heterocycles. The van der Waals surface area contributed by atoms with Crippen LogP contribution in [0.2, 0.25) is 0 Å². The second-order valence-corrected chi connectivity index (χ2v) is 6.14. The van der Waals surface area contributed by atoms with Crippen LogP contribution in [0.5, 0.6) is 0 Å². The molecule has 3 rings (SSSR count). The Morgan fingerprint density at radius 1 is 1.40 bits per heavy atom. The molecule has 2 atom stereocenters. The molecule has 4 nitrogen and oxygen atoms in total. The Kier molecular flexibility index (Phi) is 3.52. The standard InChI is InChI=1S/C16H22N2O2/c1-16(10-20-9-14(16)17)15(19)18-13-8-4-6-11-5-2-3-7-12(11)13/h4,6,8,14H,2-3,5,7,9-10,17H2,1H3,(H,18,19). The number of hydrogen-bond donors (Lipinski definition) is 2. The Labute approximate surface area is 119 Å². The van der Waals surface area contributed by atoms with Gasteiger partial charge in [-0.05, 0) is 49.8 Å². The van der Waals surface area contributed by atoms with Crippen molar-refractivity contribution in [2.75, 3.05) is 18.5 Å². The van der Waals surface area contributed by atoms with Crippen molar-refractivity contribution in [1.82, 2.24) is 0 Å². The van der Waals surface area contributed by atoms with Crippen LogP contribution in [-0.4, -0.2) is 25.2 Å². The van der Waals surface area contributed by atoms with E-state index in [2.05, 4.69) is 11.4 Å². The number of benzene rings is 1. The fraction of sp³-hybridized carbons (Fsp3) is 0.562. The molecule has 0 saturated carbocycles. The summed E-state index contributed by atoms with van der Waals surface area (Å²) in [6.45, 7) is 2.74. The van der Waals surface area contributed by atoms with E-state index in [1.807, 2.05) is 19.1 Å². The summed E-state index contributed by atoms with van der Waals surface area (Å²) in [7, 11) is 0. The lowest BCUT2D eigenvalue weighted by Crippen LogP contribution is -2.47. The minimum Gasteiger partial charge on any atom is -0.379 e. The monoisotopic (exact) mass is 274 g/mol. The third-order valence-electron chi connectivity index (χ3n) is 4.68. The highest BCUT2D eigenvalue weighted by molar-refractivity contribution is 5.96. The van der Waals surface area contributed by atoms with Crippen molar-refractivity contribution < 1.29 is 9.53 Å². The average Bonchev–Trinajstić information content (AvgIpc) is 2.80. The maximum absolute atomic E-state index is 12.6. The van der Waals surface area contributed by atoms with Gasteiger partial charge in [0.2, 0.25) is 5.91 Å². The Balaban J connectivity index is 1.83. The maximum atomic E-state index is 12.6. The summed E-state index contributed by atoms with van der Waals surface area (Å²) in [6.07, 6.45) is 4.59. The van der Waals surface area contributed by atoms with Crippen LogP contribution < -0.4 is 11.1 Å². The number of anilines is 1. The Morgan fingerprint density at radius 2 is 2.20 bits per heavy atom. The zero-order valence-corrected chi connectivity index (χ0v) is 11.9. The highest BCUT2D eigenvalue weighted by Gasteiger charge is 2.44. The molecular formula is C16H22N2O2. The van der Waals surface area contributed by atoms with E-state index in [9.17, 15) is 4.79 Å². The van der Waals surface area contributed by atoms with E-state index in [0.717, 1.165) is 18.5 Å². The molecule has 1 heterocycles. The van der Waals surface area contributed by atoms with Crippen LogP contribution >= 0.6 is 0 Å². The normalized spacial score (nSPS) is 29.0. The van der Waals surface area contributed by atoms with Crippen LogP contribution in [0.25, 0.3) is 0 Å². The van der Waals surface area contributed by atoms with Crippen LogP contribution in [-0.2, 0) is 22.4 Å². The molecule has 1 aromatic carbocycles. The molecule has 1 saturated heterocycles. The van der Waals surface area contributed by atoms with Gasteiger partial charge < -0.3 is 15.8 Å². The second kappa shape index (κ2) is 5.19. The molecular weight excluding hydrogens is 252 g/mol. The van der Waals surface area contributed by atoms with E-state index < -0.39 is 5.41 Å². The number of aryl methyl sites for hydroxylation is 1. The number of nitrogens with one attached hydrogen (secondary N) is 1. The summed E-state index contributed by atoms with van der Waals surface area (Å²) in [6, 6.07) is 5.94. The number of nitrogens with two attached hydrogens (primary N) is 1. The lowest BCUT2D eigenvalue weighted by Gasteiger charge is -2.27. The van der Waals surface area contributed by atoms with Gasteiger partial charge in [-0.3, -0.25) is 4.79 Å². The quantitative estimate of drug-likeness (QED) is 0.865. The molecule has 1 amide bonds. The predicted molar refractivity (Wildman–Crippen MR) is 78.6 cm³/mol. The van der Waals surface area contributed by atoms with Gasteiger partial charge in [0.15, 0.2) is 0 Å². The van der Waals surface area contributed by atoms with Gasteiger partial charge >= 0.3 is 0 Å². The first-order valence-corrected chi connectivity index (χ1v) is 7.37. The number of fused-ring (bicyclic) bond motifs is 1. The number of hydrogen-bond acceptors (Lipinski definition) is 3. The molecule has 2 unspecified atom stereocenters. The number of carbonyl (C=O) groups excluding carboxylic acids is 1. The van der Waals surface area contributed by atoms with E-state index in [0.29, 0.717) is 13.2 Å². The van der Waals surface area contributed by atoms with E-state index in [1.54, 1.807) is 0 Å². The summed E-state index contributed by atoms with van der Waals surface area (Å²) >= 11 is 0.